The van der Waals surface area contributed by atoms with Gasteiger partial charge in [-0.3, -0.25) is 4.79 Å². The number of carboxylic acid groups (broad SMARTS) is 1. The number of hydrogen-bond donors (Lipinski definition) is 1. The molecule has 0 aliphatic heterocycles. The minimum Gasteiger partial charge on any atom is -0.494 e. The lowest BCUT2D eigenvalue weighted by molar-refractivity contribution is -0.136. The summed E-state index contributed by atoms with van der Waals surface area (Å²) >= 11 is 1.59. The van der Waals surface area contributed by atoms with Crippen LogP contribution in [-0.2, 0) is 4.79 Å². The number of fused-ring (bicyclic) bond motifs is 1. The summed E-state index contributed by atoms with van der Waals surface area (Å²) in [5.74, 6) is 0.0383. The first-order valence-corrected chi connectivity index (χ1v) is 9.48. The Morgan fingerprint density at radius 3 is 2.62 bits per heavy atom. The van der Waals surface area contributed by atoms with Crippen LogP contribution in [0.2, 0.25) is 0 Å². The van der Waals surface area contributed by atoms with Crippen molar-refractivity contribution >= 4 is 39.2 Å². The topological polar surface area (TPSA) is 59.4 Å². The fourth-order valence-electron chi connectivity index (χ4n) is 2.57. The van der Waals surface area contributed by atoms with Crippen LogP contribution in [0.5, 0.6) is 5.75 Å². The number of benzene rings is 2. The zero-order chi connectivity index (χ0) is 18.4. The maximum Gasteiger partial charge on any atom is 0.303 e. The van der Waals surface area contributed by atoms with Crippen molar-refractivity contribution < 1.29 is 14.6 Å². The maximum atomic E-state index is 11.0. The summed E-state index contributed by atoms with van der Waals surface area (Å²) in [6, 6.07) is 15.8. The molecule has 1 N–H and O–H groups in total. The number of nitrogens with zero attached hydrogens (tertiary/aromatic N) is 1. The van der Waals surface area contributed by atoms with Gasteiger partial charge in [-0.25, -0.2) is 4.98 Å². The third kappa shape index (κ3) is 4.70. The summed E-state index contributed by atoms with van der Waals surface area (Å²) in [6.45, 7) is 2.77. The lowest BCUT2D eigenvalue weighted by atomic mass is 10.1. The number of ether oxygens (including phenoxy) is 1. The Morgan fingerprint density at radius 2 is 1.92 bits per heavy atom. The van der Waals surface area contributed by atoms with Crippen molar-refractivity contribution in [3.8, 4) is 5.75 Å². The van der Waals surface area contributed by atoms with Gasteiger partial charge in [-0.1, -0.05) is 31.2 Å². The molecule has 1 heterocycles. The Bertz CT molecular complexity index is 879. The van der Waals surface area contributed by atoms with E-state index in [1.54, 1.807) is 11.3 Å². The molecule has 1 aromatic heterocycles. The lowest BCUT2D eigenvalue weighted by Crippen LogP contribution is -1.96. The molecular weight excluding hydrogens is 346 g/mol. The fraction of sp³-hybridized carbons (Fsp3) is 0.238. The van der Waals surface area contributed by atoms with Crippen molar-refractivity contribution in [3.05, 3.63) is 59.1 Å². The third-order valence-electron chi connectivity index (χ3n) is 3.87. The Morgan fingerprint density at radius 1 is 1.15 bits per heavy atom. The standard InChI is InChI=1S/C21H21NO3S/c1-2-13-25-17-10-7-15(8-11-17)14-16(9-12-20(23)24)21-22-18-5-3-4-6-19(18)26-21/h3-8,10-11,14H,2,9,12-13H2,1H3,(H,23,24). The molecule has 0 atom stereocenters. The largest absolute Gasteiger partial charge is 0.494 e. The predicted octanol–water partition coefficient (Wildman–Crippen LogP) is 5.49. The molecule has 0 fully saturated rings. The van der Waals surface area contributed by atoms with Crippen LogP contribution in [0.15, 0.2) is 48.5 Å². The SMILES string of the molecule is CCCOc1ccc(C=C(CCC(=O)O)c2nc3ccccc3s2)cc1. The molecule has 0 unspecified atom stereocenters. The second-order valence-electron chi connectivity index (χ2n) is 5.97. The first kappa shape index (κ1) is 18.1. The number of carboxylic acids is 1. The smallest absolute Gasteiger partial charge is 0.303 e. The molecule has 0 radical (unpaired) electrons. The molecule has 0 aliphatic rings. The van der Waals surface area contributed by atoms with E-state index in [1.807, 2.05) is 54.6 Å². The van der Waals surface area contributed by atoms with Crippen molar-refractivity contribution in [3.63, 3.8) is 0 Å². The van der Waals surface area contributed by atoms with Crippen molar-refractivity contribution in [2.75, 3.05) is 6.61 Å². The molecule has 0 spiro atoms. The number of aliphatic carboxylic acids is 1. The first-order valence-electron chi connectivity index (χ1n) is 8.67. The van der Waals surface area contributed by atoms with Crippen LogP contribution < -0.4 is 4.74 Å². The van der Waals surface area contributed by atoms with Crippen molar-refractivity contribution in [2.24, 2.45) is 0 Å². The molecule has 0 saturated carbocycles. The minimum atomic E-state index is -0.805. The van der Waals surface area contributed by atoms with E-state index in [0.29, 0.717) is 13.0 Å². The molecule has 0 saturated heterocycles. The number of carbonyl (C=O) groups is 1. The summed E-state index contributed by atoms with van der Waals surface area (Å²) in [6.07, 6.45) is 3.52. The molecule has 26 heavy (non-hydrogen) atoms. The zero-order valence-corrected chi connectivity index (χ0v) is 15.5. The van der Waals surface area contributed by atoms with Crippen LogP contribution in [0, 0.1) is 0 Å². The molecule has 4 nitrogen and oxygen atoms in total. The van der Waals surface area contributed by atoms with Gasteiger partial charge in [-0.2, -0.15) is 0 Å². The monoisotopic (exact) mass is 367 g/mol. The molecule has 0 aliphatic carbocycles. The molecule has 3 rings (SSSR count). The lowest BCUT2D eigenvalue weighted by Gasteiger charge is -2.06. The average molecular weight is 367 g/mol. The van der Waals surface area contributed by atoms with E-state index in [9.17, 15) is 4.79 Å². The van der Waals surface area contributed by atoms with Crippen LogP contribution in [0.25, 0.3) is 21.9 Å². The molecule has 134 valence electrons. The quantitative estimate of drug-likeness (QED) is 0.572. The van der Waals surface area contributed by atoms with Crippen LogP contribution in [0.4, 0.5) is 0 Å². The van der Waals surface area contributed by atoms with E-state index in [0.717, 1.165) is 38.5 Å². The molecule has 3 aromatic rings. The molecular formula is C21H21NO3S. The Balaban J connectivity index is 1.89. The average Bonchev–Trinajstić information content (AvgIpc) is 3.08. The Hall–Kier alpha value is -2.66. The van der Waals surface area contributed by atoms with Crippen LogP contribution >= 0.6 is 11.3 Å². The van der Waals surface area contributed by atoms with Crippen molar-refractivity contribution in [1.29, 1.82) is 0 Å². The molecule has 0 bridgehead atoms. The molecule has 5 heteroatoms. The van der Waals surface area contributed by atoms with Gasteiger partial charge < -0.3 is 9.84 Å². The van der Waals surface area contributed by atoms with Crippen molar-refractivity contribution in [2.45, 2.75) is 26.2 Å². The van der Waals surface area contributed by atoms with E-state index >= 15 is 0 Å². The number of aromatic nitrogens is 1. The molecule has 0 amide bonds. The van der Waals surface area contributed by atoms with Gasteiger partial charge in [0.05, 0.1) is 16.8 Å². The van der Waals surface area contributed by atoms with Gasteiger partial charge in [0, 0.05) is 6.42 Å². The summed E-state index contributed by atoms with van der Waals surface area (Å²) < 4.78 is 6.71. The van der Waals surface area contributed by atoms with Gasteiger partial charge >= 0.3 is 5.97 Å². The van der Waals surface area contributed by atoms with E-state index in [1.165, 1.54) is 0 Å². The second-order valence-corrected chi connectivity index (χ2v) is 7.00. The van der Waals surface area contributed by atoms with Crippen LogP contribution in [0.3, 0.4) is 0 Å². The highest BCUT2D eigenvalue weighted by atomic mass is 32.1. The number of thiazole rings is 1. The predicted molar refractivity (Wildman–Crippen MR) is 107 cm³/mol. The van der Waals surface area contributed by atoms with Gasteiger partial charge in [-0.15, -0.1) is 11.3 Å². The third-order valence-corrected chi connectivity index (χ3v) is 4.98. The summed E-state index contributed by atoms with van der Waals surface area (Å²) in [5.41, 5.74) is 2.89. The number of rotatable bonds is 8. The maximum absolute atomic E-state index is 11.0. The van der Waals surface area contributed by atoms with E-state index < -0.39 is 5.97 Å². The Labute approximate surface area is 156 Å². The van der Waals surface area contributed by atoms with Gasteiger partial charge in [0.2, 0.25) is 0 Å². The number of hydrogen-bond acceptors (Lipinski definition) is 4. The second kappa shape index (κ2) is 8.63. The van der Waals surface area contributed by atoms with E-state index in [-0.39, 0.29) is 6.42 Å². The minimum absolute atomic E-state index is 0.0828. The summed E-state index contributed by atoms with van der Waals surface area (Å²) in [4.78, 5) is 15.7. The van der Waals surface area contributed by atoms with Gasteiger partial charge in [0.25, 0.3) is 0 Å². The van der Waals surface area contributed by atoms with E-state index in [2.05, 4.69) is 11.9 Å². The molecule has 2 aromatic carbocycles. The summed E-state index contributed by atoms with van der Waals surface area (Å²) in [5, 5.41) is 9.95. The fourth-order valence-corrected chi connectivity index (χ4v) is 3.58. The van der Waals surface area contributed by atoms with Crippen molar-refractivity contribution in [1.82, 2.24) is 4.98 Å². The Kier molecular flexibility index (Phi) is 6.02. The highest BCUT2D eigenvalue weighted by molar-refractivity contribution is 7.19. The normalized spacial score (nSPS) is 11.7. The summed E-state index contributed by atoms with van der Waals surface area (Å²) in [7, 11) is 0. The van der Waals surface area contributed by atoms with Gasteiger partial charge in [0.15, 0.2) is 0 Å². The number of allylic oxidation sites excluding steroid dienone is 1. The van der Waals surface area contributed by atoms with Gasteiger partial charge in [-0.05, 0) is 54.3 Å². The zero-order valence-electron chi connectivity index (χ0n) is 14.6. The highest BCUT2D eigenvalue weighted by Gasteiger charge is 2.11. The number of para-hydroxylation sites is 1. The van der Waals surface area contributed by atoms with Crippen LogP contribution in [-0.4, -0.2) is 22.7 Å². The van der Waals surface area contributed by atoms with E-state index in [4.69, 9.17) is 9.84 Å². The highest BCUT2D eigenvalue weighted by Crippen LogP contribution is 2.31. The van der Waals surface area contributed by atoms with Gasteiger partial charge in [0.1, 0.15) is 10.8 Å². The van der Waals surface area contributed by atoms with Crippen LogP contribution in [0.1, 0.15) is 36.8 Å². The first-order chi connectivity index (χ1) is 12.7.